The molecule has 4 rings (SSSR count). The molecule has 1 unspecified atom stereocenters. The molecule has 2 aromatic carbocycles. The van der Waals surface area contributed by atoms with Crippen LogP contribution in [0.2, 0.25) is 0 Å². The van der Waals surface area contributed by atoms with E-state index in [9.17, 15) is 5.11 Å². The van der Waals surface area contributed by atoms with E-state index in [-0.39, 0.29) is 0 Å². The van der Waals surface area contributed by atoms with Gasteiger partial charge in [0.2, 0.25) is 5.95 Å². The Morgan fingerprint density at radius 2 is 1.94 bits per heavy atom. The number of imidazole rings is 1. The van der Waals surface area contributed by atoms with Crippen LogP contribution in [0.1, 0.15) is 18.1 Å². The zero-order valence-corrected chi connectivity index (χ0v) is 19.2. The topological polar surface area (TPSA) is 114 Å². The number of halogens is 1. The van der Waals surface area contributed by atoms with Crippen LogP contribution < -0.4 is 16.4 Å². The highest BCUT2D eigenvalue weighted by Crippen LogP contribution is 2.24. The predicted molar refractivity (Wildman–Crippen MR) is 132 cm³/mol. The molecule has 0 radical (unpaired) electrons. The van der Waals surface area contributed by atoms with Gasteiger partial charge in [-0.25, -0.2) is 4.98 Å². The highest BCUT2D eigenvalue weighted by molar-refractivity contribution is 14.1. The summed E-state index contributed by atoms with van der Waals surface area (Å²) in [6.45, 7) is 3.22. The second kappa shape index (κ2) is 9.48. The Balaban J connectivity index is 1.67. The van der Waals surface area contributed by atoms with Gasteiger partial charge < -0.3 is 26.0 Å². The fourth-order valence-electron chi connectivity index (χ4n) is 3.19. The molecule has 0 amide bonds. The van der Waals surface area contributed by atoms with Crippen molar-refractivity contribution in [3.8, 4) is 0 Å². The number of nitrogens with two attached hydrogens (primary N) is 1. The van der Waals surface area contributed by atoms with Crippen molar-refractivity contribution in [2.24, 2.45) is 0 Å². The number of rotatable bonds is 8. The molecule has 0 aliphatic rings. The van der Waals surface area contributed by atoms with Crippen molar-refractivity contribution in [3.05, 3.63) is 69.6 Å². The normalized spacial score (nSPS) is 12.1. The molecule has 2 aromatic heterocycles. The van der Waals surface area contributed by atoms with E-state index in [0.29, 0.717) is 42.6 Å². The van der Waals surface area contributed by atoms with Crippen molar-refractivity contribution < 1.29 is 5.11 Å². The molecule has 0 spiro atoms. The molecule has 0 fully saturated rings. The van der Waals surface area contributed by atoms with E-state index in [4.69, 9.17) is 5.73 Å². The highest BCUT2D eigenvalue weighted by atomic mass is 127. The number of hydrogen-bond donors (Lipinski definition) is 4. The van der Waals surface area contributed by atoms with E-state index < -0.39 is 6.10 Å². The van der Waals surface area contributed by atoms with E-state index in [1.807, 2.05) is 41.0 Å². The third kappa shape index (κ3) is 5.23. The maximum absolute atomic E-state index is 9.65. The van der Waals surface area contributed by atoms with Crippen LogP contribution in [0.3, 0.4) is 0 Å². The van der Waals surface area contributed by atoms with Crippen LogP contribution in [0.15, 0.2) is 54.9 Å². The lowest BCUT2D eigenvalue weighted by atomic mass is 10.2. The number of nitrogens with zero attached hydrogens (tertiary/aromatic N) is 4. The van der Waals surface area contributed by atoms with Crippen molar-refractivity contribution in [1.29, 1.82) is 0 Å². The molecule has 2 heterocycles. The molecule has 0 saturated heterocycles. The summed E-state index contributed by atoms with van der Waals surface area (Å²) in [5.41, 5.74) is 10.4. The molecule has 5 N–H and O–H groups in total. The van der Waals surface area contributed by atoms with Crippen LogP contribution in [0.25, 0.3) is 11.2 Å². The van der Waals surface area contributed by atoms with Gasteiger partial charge in [0.05, 0.1) is 19.0 Å². The highest BCUT2D eigenvalue weighted by Gasteiger charge is 2.14. The first-order valence-corrected chi connectivity index (χ1v) is 11.0. The Labute approximate surface area is 194 Å². The summed E-state index contributed by atoms with van der Waals surface area (Å²) in [6, 6.07) is 16.1. The van der Waals surface area contributed by atoms with Crippen LogP contribution in [0, 0.1) is 3.57 Å². The summed E-state index contributed by atoms with van der Waals surface area (Å²) in [4.78, 5) is 13.8. The fraction of sp³-hybridized carbons (Fsp3) is 0.227. The molecule has 1 atom stereocenters. The van der Waals surface area contributed by atoms with Gasteiger partial charge in [-0.1, -0.05) is 30.3 Å². The van der Waals surface area contributed by atoms with E-state index in [2.05, 4.69) is 60.3 Å². The van der Waals surface area contributed by atoms with Crippen LogP contribution in [-0.2, 0) is 13.1 Å². The van der Waals surface area contributed by atoms with Crippen molar-refractivity contribution in [3.63, 3.8) is 0 Å². The number of fused-ring (bicyclic) bond motifs is 1. The van der Waals surface area contributed by atoms with E-state index in [0.717, 1.165) is 20.4 Å². The van der Waals surface area contributed by atoms with Crippen molar-refractivity contribution in [2.45, 2.75) is 26.1 Å². The number of benzene rings is 2. The second-order valence-corrected chi connectivity index (χ2v) is 8.60. The van der Waals surface area contributed by atoms with Gasteiger partial charge in [0.25, 0.3) is 0 Å². The van der Waals surface area contributed by atoms with Crippen molar-refractivity contribution in [1.82, 2.24) is 19.5 Å². The lowest BCUT2D eigenvalue weighted by molar-refractivity contribution is 0.208. The molecule has 8 nitrogen and oxygen atoms in total. The third-order valence-electron chi connectivity index (χ3n) is 4.77. The maximum atomic E-state index is 9.65. The van der Waals surface area contributed by atoms with Crippen molar-refractivity contribution >= 4 is 51.2 Å². The number of aliphatic hydroxyl groups excluding tert-OH is 1. The van der Waals surface area contributed by atoms with Gasteiger partial charge in [0.1, 0.15) is 0 Å². The zero-order valence-electron chi connectivity index (χ0n) is 17.1. The Bertz CT molecular complexity index is 1180. The van der Waals surface area contributed by atoms with Gasteiger partial charge in [-0.15, -0.1) is 0 Å². The Morgan fingerprint density at radius 3 is 2.71 bits per heavy atom. The van der Waals surface area contributed by atoms with E-state index >= 15 is 0 Å². The summed E-state index contributed by atoms with van der Waals surface area (Å²) < 4.78 is 3.10. The molecule has 4 aromatic rings. The number of nitrogens with one attached hydrogen (secondary N) is 2. The summed E-state index contributed by atoms with van der Waals surface area (Å²) in [5, 5.41) is 16.1. The van der Waals surface area contributed by atoms with Gasteiger partial charge in [0, 0.05) is 22.3 Å². The number of hydrogen-bond acceptors (Lipinski definition) is 7. The molecule has 160 valence electrons. The zero-order chi connectivity index (χ0) is 21.8. The SMILES string of the molecule is CC(O)CNc1nc(NCc2cc(I)ccc2N)c2ncn(Cc3ccccc3)c2n1. The first-order valence-electron chi connectivity index (χ1n) is 9.96. The van der Waals surface area contributed by atoms with Crippen LogP contribution in [0.4, 0.5) is 17.5 Å². The number of aliphatic hydroxyl groups is 1. The van der Waals surface area contributed by atoms with Gasteiger partial charge in [-0.3, -0.25) is 0 Å². The lowest BCUT2D eigenvalue weighted by Gasteiger charge is -2.13. The Morgan fingerprint density at radius 1 is 1.13 bits per heavy atom. The molecular weight excluding hydrogens is 505 g/mol. The number of nitrogen functional groups attached to an aromatic ring is 1. The fourth-order valence-corrected chi connectivity index (χ4v) is 3.74. The van der Waals surface area contributed by atoms with Gasteiger partial charge in [-0.05, 0) is 58.8 Å². The van der Waals surface area contributed by atoms with Crippen LogP contribution in [-0.4, -0.2) is 37.3 Å². The molecule has 0 bridgehead atoms. The minimum atomic E-state index is -0.517. The Hall–Kier alpha value is -2.92. The molecule has 0 aliphatic carbocycles. The van der Waals surface area contributed by atoms with Crippen molar-refractivity contribution in [2.75, 3.05) is 22.9 Å². The summed E-state index contributed by atoms with van der Waals surface area (Å²) in [5.74, 6) is 1.05. The first kappa shape index (κ1) is 21.3. The largest absolute Gasteiger partial charge is 0.398 e. The number of aromatic nitrogens is 4. The first-order chi connectivity index (χ1) is 15.0. The average molecular weight is 529 g/mol. The van der Waals surface area contributed by atoms with E-state index in [1.54, 1.807) is 13.3 Å². The molecule has 9 heteroatoms. The minimum absolute atomic E-state index is 0.349. The molecule has 31 heavy (non-hydrogen) atoms. The van der Waals surface area contributed by atoms with Crippen LogP contribution in [0.5, 0.6) is 0 Å². The Kier molecular flexibility index (Phi) is 6.52. The van der Waals surface area contributed by atoms with Crippen LogP contribution >= 0.6 is 22.6 Å². The average Bonchev–Trinajstić information content (AvgIpc) is 3.16. The molecule has 0 aliphatic heterocycles. The van der Waals surface area contributed by atoms with Gasteiger partial charge in [0.15, 0.2) is 17.0 Å². The minimum Gasteiger partial charge on any atom is -0.398 e. The predicted octanol–water partition coefficient (Wildman–Crippen LogP) is 3.47. The summed E-state index contributed by atoms with van der Waals surface area (Å²) in [6.07, 6.45) is 1.26. The van der Waals surface area contributed by atoms with E-state index in [1.165, 1.54) is 0 Å². The number of anilines is 3. The standard InChI is InChI=1S/C22H24IN7O/c1-14(31)10-26-22-28-20(25-11-16-9-17(23)7-8-18(16)24)19-21(29-22)30(13-27-19)12-15-5-3-2-4-6-15/h2-9,13-14,31H,10-12,24H2,1H3,(H2,25,26,28,29). The monoisotopic (exact) mass is 529 g/mol. The third-order valence-corrected chi connectivity index (χ3v) is 5.44. The summed E-state index contributed by atoms with van der Waals surface area (Å²) >= 11 is 2.27. The molecular formula is C22H24IN7O. The quantitative estimate of drug-likeness (QED) is 0.204. The lowest BCUT2D eigenvalue weighted by Crippen LogP contribution is -2.18. The summed E-state index contributed by atoms with van der Waals surface area (Å²) in [7, 11) is 0. The van der Waals surface area contributed by atoms with Gasteiger partial charge >= 0.3 is 0 Å². The molecule has 0 saturated carbocycles. The van der Waals surface area contributed by atoms with Gasteiger partial charge in [-0.2, -0.15) is 9.97 Å². The smallest absolute Gasteiger partial charge is 0.226 e. The maximum Gasteiger partial charge on any atom is 0.226 e. The second-order valence-electron chi connectivity index (χ2n) is 7.35.